The molecular formula is C17H16FN3O6. The number of anilines is 1. The maximum atomic E-state index is 13.3. The smallest absolute Gasteiger partial charge is 0.313 e. The van der Waals surface area contributed by atoms with Gasteiger partial charge in [0.15, 0.2) is 0 Å². The zero-order valence-electron chi connectivity index (χ0n) is 14.0. The molecule has 1 aromatic heterocycles. The third-order valence-electron chi connectivity index (χ3n) is 4.33. The van der Waals surface area contributed by atoms with Crippen LogP contribution >= 0.6 is 0 Å². The lowest BCUT2D eigenvalue weighted by molar-refractivity contribution is -0.387. The second-order valence-electron chi connectivity index (χ2n) is 6.24. The van der Waals surface area contributed by atoms with Gasteiger partial charge < -0.3 is 20.2 Å². The molecule has 0 bridgehead atoms. The van der Waals surface area contributed by atoms with Gasteiger partial charge in [0, 0.05) is 11.8 Å². The van der Waals surface area contributed by atoms with Gasteiger partial charge in [0.2, 0.25) is 5.82 Å². The lowest BCUT2D eigenvalue weighted by Gasteiger charge is -2.26. The monoisotopic (exact) mass is 377 g/mol. The lowest BCUT2D eigenvalue weighted by atomic mass is 9.94. The molecule has 1 unspecified atom stereocenters. The average Bonchev–Trinajstić information content (AvgIpc) is 3.35. The zero-order valence-corrected chi connectivity index (χ0v) is 14.0. The van der Waals surface area contributed by atoms with Gasteiger partial charge in [-0.15, -0.1) is 0 Å². The van der Waals surface area contributed by atoms with Crippen molar-refractivity contribution in [1.29, 1.82) is 0 Å². The minimum atomic E-state index is -1.42. The van der Waals surface area contributed by atoms with Crippen molar-refractivity contribution in [2.24, 2.45) is 5.92 Å². The summed E-state index contributed by atoms with van der Waals surface area (Å²) >= 11 is 0. The summed E-state index contributed by atoms with van der Waals surface area (Å²) < 4.78 is 18.5. The molecule has 3 N–H and O–H groups in total. The Hall–Kier alpha value is -3.27. The maximum absolute atomic E-state index is 13.3. The first kappa shape index (κ1) is 18.5. The summed E-state index contributed by atoms with van der Waals surface area (Å²) in [6.45, 7) is -0.235. The number of aliphatic hydroxyl groups is 1. The highest BCUT2D eigenvalue weighted by molar-refractivity contribution is 6.39. The molecule has 27 heavy (non-hydrogen) atoms. The highest BCUT2D eigenvalue weighted by Crippen LogP contribution is 2.45. The van der Waals surface area contributed by atoms with Gasteiger partial charge in [-0.25, -0.2) is 0 Å². The zero-order chi connectivity index (χ0) is 19.6. The highest BCUT2D eigenvalue weighted by atomic mass is 19.1. The van der Waals surface area contributed by atoms with Gasteiger partial charge in [-0.05, 0) is 43.0 Å². The quantitative estimate of drug-likeness (QED) is 0.398. The first-order chi connectivity index (χ1) is 12.8. The molecule has 1 aromatic carbocycles. The van der Waals surface area contributed by atoms with E-state index in [1.54, 1.807) is 12.1 Å². The predicted octanol–water partition coefficient (Wildman–Crippen LogP) is 1.68. The Kier molecular flexibility index (Phi) is 4.91. The van der Waals surface area contributed by atoms with E-state index < -0.39 is 33.8 Å². The molecule has 1 heterocycles. The topological polar surface area (TPSA) is 135 Å². The van der Waals surface area contributed by atoms with Crippen LogP contribution < -0.4 is 10.6 Å². The van der Waals surface area contributed by atoms with Crippen molar-refractivity contribution in [2.45, 2.75) is 18.4 Å². The van der Waals surface area contributed by atoms with Crippen molar-refractivity contribution in [2.75, 3.05) is 11.9 Å². The fourth-order valence-corrected chi connectivity index (χ4v) is 2.73. The highest BCUT2D eigenvalue weighted by Gasteiger charge is 2.47. The molecule has 0 spiro atoms. The molecule has 142 valence electrons. The van der Waals surface area contributed by atoms with Crippen LogP contribution in [0.15, 0.2) is 41.0 Å². The minimum Gasteiger partial charge on any atom is -0.466 e. The number of hydrogen-bond donors (Lipinski definition) is 3. The SMILES string of the molecule is O=C(NCC(O)(c1ccco1)C1CC1)C(=O)Nc1ccc(F)c([N+](=O)[O-])c1. The number of carbonyl (C=O) groups excluding carboxylic acids is 2. The number of amides is 2. The first-order valence-corrected chi connectivity index (χ1v) is 8.11. The number of benzene rings is 1. The van der Waals surface area contributed by atoms with E-state index in [1.807, 2.05) is 0 Å². The van der Waals surface area contributed by atoms with Crippen molar-refractivity contribution in [1.82, 2.24) is 5.32 Å². The van der Waals surface area contributed by atoms with Gasteiger partial charge in [-0.1, -0.05) is 0 Å². The number of halogens is 1. The van der Waals surface area contributed by atoms with Crippen LogP contribution in [0.3, 0.4) is 0 Å². The number of rotatable bonds is 6. The molecule has 0 radical (unpaired) electrons. The predicted molar refractivity (Wildman–Crippen MR) is 90.0 cm³/mol. The van der Waals surface area contributed by atoms with Crippen LogP contribution in [0.4, 0.5) is 15.8 Å². The number of nitro benzene ring substituents is 1. The number of nitrogens with one attached hydrogen (secondary N) is 2. The Morgan fingerprint density at radius 1 is 1.33 bits per heavy atom. The standard InChI is InChI=1S/C17H16FN3O6/c18-12-6-5-11(8-13(12)21(25)26)20-16(23)15(22)19-9-17(24,10-3-4-10)14-2-1-7-27-14/h1-2,5-8,10,24H,3-4,9H2,(H,19,22)(H,20,23). The summed E-state index contributed by atoms with van der Waals surface area (Å²) in [4.78, 5) is 33.8. The number of carbonyl (C=O) groups is 2. The van der Waals surface area contributed by atoms with Gasteiger partial charge in [0.25, 0.3) is 0 Å². The molecule has 2 aromatic rings. The molecule has 2 amide bonds. The van der Waals surface area contributed by atoms with Crippen molar-refractivity contribution in [3.8, 4) is 0 Å². The minimum absolute atomic E-state index is 0.0910. The molecule has 1 aliphatic rings. The van der Waals surface area contributed by atoms with Crippen molar-refractivity contribution in [3.63, 3.8) is 0 Å². The average molecular weight is 377 g/mol. The normalized spacial score (nSPS) is 15.6. The number of nitro groups is 1. The van der Waals surface area contributed by atoms with Crippen LogP contribution in [0, 0.1) is 21.8 Å². The summed E-state index contributed by atoms with van der Waals surface area (Å²) in [6.07, 6.45) is 2.93. The van der Waals surface area contributed by atoms with E-state index >= 15 is 0 Å². The van der Waals surface area contributed by atoms with E-state index in [0.29, 0.717) is 5.76 Å². The Labute approximate surface area is 152 Å². The second kappa shape index (κ2) is 7.16. The van der Waals surface area contributed by atoms with Crippen LogP contribution in [0.25, 0.3) is 0 Å². The largest absolute Gasteiger partial charge is 0.466 e. The summed E-state index contributed by atoms with van der Waals surface area (Å²) in [5.74, 6) is -3.01. The first-order valence-electron chi connectivity index (χ1n) is 8.11. The third kappa shape index (κ3) is 3.95. The number of nitrogens with zero attached hydrogens (tertiary/aromatic N) is 1. The van der Waals surface area contributed by atoms with E-state index in [-0.39, 0.29) is 18.2 Å². The van der Waals surface area contributed by atoms with Gasteiger partial charge >= 0.3 is 17.5 Å². The molecular weight excluding hydrogens is 361 g/mol. The fourth-order valence-electron chi connectivity index (χ4n) is 2.73. The molecule has 3 rings (SSSR count). The van der Waals surface area contributed by atoms with E-state index in [2.05, 4.69) is 10.6 Å². The molecule has 1 atom stereocenters. The molecule has 1 saturated carbocycles. The van der Waals surface area contributed by atoms with E-state index in [9.17, 15) is 29.2 Å². The van der Waals surface area contributed by atoms with Crippen LogP contribution in [-0.4, -0.2) is 28.4 Å². The van der Waals surface area contributed by atoms with Crippen molar-refractivity contribution < 1.29 is 28.4 Å². The fraction of sp³-hybridized carbons (Fsp3) is 0.294. The van der Waals surface area contributed by atoms with Crippen LogP contribution in [0.2, 0.25) is 0 Å². The molecule has 1 aliphatic carbocycles. The van der Waals surface area contributed by atoms with Crippen molar-refractivity contribution in [3.05, 3.63) is 58.3 Å². The Balaban J connectivity index is 1.63. The van der Waals surface area contributed by atoms with Gasteiger partial charge in [-0.3, -0.25) is 19.7 Å². The summed E-state index contributed by atoms with van der Waals surface area (Å²) in [7, 11) is 0. The molecule has 0 aliphatic heterocycles. The maximum Gasteiger partial charge on any atom is 0.313 e. The molecule has 0 saturated heterocycles. The number of furan rings is 1. The van der Waals surface area contributed by atoms with E-state index in [4.69, 9.17) is 4.42 Å². The van der Waals surface area contributed by atoms with Crippen LogP contribution in [-0.2, 0) is 15.2 Å². The lowest BCUT2D eigenvalue weighted by Crippen LogP contribution is -2.45. The van der Waals surface area contributed by atoms with Gasteiger partial charge in [0.05, 0.1) is 17.7 Å². The van der Waals surface area contributed by atoms with Crippen LogP contribution in [0.1, 0.15) is 18.6 Å². The molecule has 9 nitrogen and oxygen atoms in total. The molecule has 10 heteroatoms. The van der Waals surface area contributed by atoms with E-state index in [0.717, 1.165) is 31.0 Å². The van der Waals surface area contributed by atoms with Crippen molar-refractivity contribution >= 4 is 23.2 Å². The summed E-state index contributed by atoms with van der Waals surface area (Å²) in [5, 5.41) is 26.0. The third-order valence-corrected chi connectivity index (χ3v) is 4.33. The number of hydrogen-bond acceptors (Lipinski definition) is 6. The van der Waals surface area contributed by atoms with Gasteiger partial charge in [-0.2, -0.15) is 4.39 Å². The Morgan fingerprint density at radius 3 is 2.67 bits per heavy atom. The Morgan fingerprint density at radius 2 is 2.07 bits per heavy atom. The Bertz CT molecular complexity index is 881. The van der Waals surface area contributed by atoms with Gasteiger partial charge in [0.1, 0.15) is 11.4 Å². The van der Waals surface area contributed by atoms with Crippen LogP contribution in [0.5, 0.6) is 0 Å². The summed E-state index contributed by atoms with van der Waals surface area (Å²) in [5.41, 5.74) is -2.35. The second-order valence-corrected chi connectivity index (χ2v) is 6.24. The molecule has 1 fully saturated rings. The summed E-state index contributed by atoms with van der Waals surface area (Å²) in [6, 6.07) is 5.91. The van der Waals surface area contributed by atoms with E-state index in [1.165, 1.54) is 6.26 Å².